The van der Waals surface area contributed by atoms with E-state index in [1.165, 1.54) is 41.9 Å². The summed E-state index contributed by atoms with van der Waals surface area (Å²) < 4.78 is 0.574. The van der Waals surface area contributed by atoms with Crippen LogP contribution in [-0.4, -0.2) is 27.3 Å². The summed E-state index contributed by atoms with van der Waals surface area (Å²) in [6.07, 6.45) is 10.4. The maximum Gasteiger partial charge on any atom is 0.0715 e. The van der Waals surface area contributed by atoms with Crippen LogP contribution in [0.25, 0.3) is 0 Å². The lowest BCUT2D eigenvalue weighted by Crippen LogP contribution is -2.33. The van der Waals surface area contributed by atoms with Gasteiger partial charge >= 0.3 is 0 Å². The van der Waals surface area contributed by atoms with Crippen LogP contribution in [0.2, 0.25) is 0 Å². The Morgan fingerprint density at radius 2 is 1.92 bits per heavy atom. The van der Waals surface area contributed by atoms with Gasteiger partial charge in [-0.05, 0) is 60.2 Å². The van der Waals surface area contributed by atoms with E-state index in [4.69, 9.17) is 0 Å². The molecule has 1 aliphatic heterocycles. The summed E-state index contributed by atoms with van der Waals surface area (Å²) in [7, 11) is 0. The Kier molecular flexibility index (Phi) is 4.73. The van der Waals surface area contributed by atoms with Gasteiger partial charge < -0.3 is 5.11 Å². The number of hydrogen-bond donors (Lipinski definition) is 1. The maximum atomic E-state index is 11.0. The van der Waals surface area contributed by atoms with Crippen molar-refractivity contribution in [3.05, 3.63) is 34.4 Å². The van der Waals surface area contributed by atoms with Gasteiger partial charge in [-0.1, -0.05) is 38.5 Å². The Labute approximate surface area is 155 Å². The van der Waals surface area contributed by atoms with Crippen LogP contribution < -0.4 is 0 Å². The molecule has 0 radical (unpaired) electrons. The molecule has 3 aliphatic carbocycles. The molecule has 1 heterocycles. The second-order valence-corrected chi connectivity index (χ2v) is 11.2. The molecule has 24 heavy (non-hydrogen) atoms. The van der Waals surface area contributed by atoms with Crippen LogP contribution in [0.1, 0.15) is 52.9 Å². The average Bonchev–Trinajstić information content (AvgIpc) is 3.14. The maximum absolute atomic E-state index is 11.0. The first-order valence-electron chi connectivity index (χ1n) is 9.55. The van der Waals surface area contributed by atoms with Crippen molar-refractivity contribution in [2.75, 3.05) is 11.5 Å². The standard InChI is InChI=1S/C21H30OS2/c1-13(2)15-6-8-21(3)9-7-16-17(19(15)21)5-4-14(12-18(16)22)20-23-10-11-24-20/h4-5,13,16,18,20,22H,6-12H2,1-3H3/t16-,18+,21-/m1/s1. The van der Waals surface area contributed by atoms with Gasteiger partial charge in [0.15, 0.2) is 0 Å². The molecule has 0 amide bonds. The zero-order valence-corrected chi connectivity index (χ0v) is 16.8. The smallest absolute Gasteiger partial charge is 0.0715 e. The molecule has 0 unspecified atom stereocenters. The van der Waals surface area contributed by atoms with E-state index in [2.05, 4.69) is 56.4 Å². The molecule has 132 valence electrons. The van der Waals surface area contributed by atoms with E-state index in [0.717, 1.165) is 12.8 Å². The molecule has 1 nitrogen and oxygen atoms in total. The summed E-state index contributed by atoms with van der Waals surface area (Å²) in [6.45, 7) is 7.16. The number of thioether (sulfide) groups is 2. The predicted molar refractivity (Wildman–Crippen MR) is 107 cm³/mol. The molecular formula is C21H30OS2. The lowest BCUT2D eigenvalue weighted by atomic mass is 9.64. The molecule has 0 spiro atoms. The van der Waals surface area contributed by atoms with Gasteiger partial charge in [-0.2, -0.15) is 0 Å². The highest BCUT2D eigenvalue weighted by atomic mass is 32.2. The van der Waals surface area contributed by atoms with Gasteiger partial charge in [-0.15, -0.1) is 23.5 Å². The highest BCUT2D eigenvalue weighted by molar-refractivity contribution is 8.20. The molecule has 0 aromatic heterocycles. The minimum absolute atomic E-state index is 0.196. The van der Waals surface area contributed by atoms with Gasteiger partial charge in [0.2, 0.25) is 0 Å². The van der Waals surface area contributed by atoms with Crippen LogP contribution in [0.4, 0.5) is 0 Å². The second kappa shape index (κ2) is 6.55. The molecule has 0 aromatic rings. The molecule has 1 saturated heterocycles. The molecule has 4 rings (SSSR count). The first kappa shape index (κ1) is 17.3. The molecule has 3 heteroatoms. The minimum atomic E-state index is -0.196. The Hall–Kier alpha value is -0.120. The van der Waals surface area contributed by atoms with Gasteiger partial charge in [0.1, 0.15) is 0 Å². The molecule has 0 aromatic carbocycles. The summed E-state index contributed by atoms with van der Waals surface area (Å²) in [4.78, 5) is 0. The molecule has 0 bridgehead atoms. The van der Waals surface area contributed by atoms with Crippen molar-refractivity contribution in [1.29, 1.82) is 0 Å². The Balaban J connectivity index is 1.76. The summed E-state index contributed by atoms with van der Waals surface area (Å²) in [6, 6.07) is 0. The van der Waals surface area contributed by atoms with Crippen LogP contribution in [0, 0.1) is 17.3 Å². The molecule has 3 atom stereocenters. The summed E-state index contributed by atoms with van der Waals surface area (Å²) in [5, 5.41) is 11.0. The van der Waals surface area contributed by atoms with Gasteiger partial charge in [0.25, 0.3) is 0 Å². The van der Waals surface area contributed by atoms with E-state index in [1.54, 1.807) is 11.1 Å². The molecule has 2 fully saturated rings. The van der Waals surface area contributed by atoms with Crippen LogP contribution in [-0.2, 0) is 0 Å². The second-order valence-electron chi connectivity index (χ2n) is 8.47. The van der Waals surface area contributed by atoms with Crippen molar-refractivity contribution in [3.63, 3.8) is 0 Å². The molecule has 4 aliphatic rings. The van der Waals surface area contributed by atoms with E-state index in [0.29, 0.717) is 21.8 Å². The Morgan fingerprint density at radius 1 is 1.17 bits per heavy atom. The van der Waals surface area contributed by atoms with E-state index in [-0.39, 0.29) is 6.10 Å². The van der Waals surface area contributed by atoms with Gasteiger partial charge in [-0.25, -0.2) is 0 Å². The molecular weight excluding hydrogens is 332 g/mol. The number of hydrogen-bond acceptors (Lipinski definition) is 3. The predicted octanol–water partition coefficient (Wildman–Crippen LogP) is 5.57. The topological polar surface area (TPSA) is 20.2 Å². The zero-order valence-electron chi connectivity index (χ0n) is 15.2. The average molecular weight is 363 g/mol. The Morgan fingerprint density at radius 3 is 2.62 bits per heavy atom. The number of fused-ring (bicyclic) bond motifs is 3. The SMILES string of the molecule is CC(C)C1=C2C3=CC=C(C4SCCS4)C[C@H](O)[C@@H]3CC[C@@]2(C)CC1. The number of allylic oxidation sites excluding steroid dienone is 4. The first-order valence-corrected chi connectivity index (χ1v) is 11.6. The van der Waals surface area contributed by atoms with Gasteiger partial charge in [0.05, 0.1) is 10.7 Å². The fraction of sp³-hybridized carbons (Fsp3) is 0.714. The fourth-order valence-corrected chi connectivity index (χ4v) is 8.16. The highest BCUT2D eigenvalue weighted by Crippen LogP contribution is 2.58. The van der Waals surface area contributed by atoms with E-state index in [1.807, 2.05) is 0 Å². The van der Waals surface area contributed by atoms with E-state index >= 15 is 0 Å². The quantitative estimate of drug-likeness (QED) is 0.693. The number of aliphatic hydroxyl groups excluding tert-OH is 1. The third-order valence-corrected chi connectivity index (χ3v) is 9.74. The number of aliphatic hydroxyl groups is 1. The van der Waals surface area contributed by atoms with E-state index in [9.17, 15) is 5.11 Å². The molecule has 1 N–H and O–H groups in total. The molecule has 1 saturated carbocycles. The lowest BCUT2D eigenvalue weighted by molar-refractivity contribution is 0.104. The van der Waals surface area contributed by atoms with Crippen molar-refractivity contribution in [2.24, 2.45) is 17.3 Å². The normalized spacial score (nSPS) is 37.2. The largest absolute Gasteiger partial charge is 0.392 e. The first-order chi connectivity index (χ1) is 11.5. The lowest BCUT2D eigenvalue weighted by Gasteiger charge is -2.41. The minimum Gasteiger partial charge on any atom is -0.392 e. The van der Waals surface area contributed by atoms with Gasteiger partial charge in [-0.3, -0.25) is 0 Å². The van der Waals surface area contributed by atoms with Crippen LogP contribution in [0.3, 0.4) is 0 Å². The van der Waals surface area contributed by atoms with Crippen molar-refractivity contribution < 1.29 is 5.11 Å². The number of rotatable bonds is 2. The highest BCUT2D eigenvalue weighted by Gasteiger charge is 2.46. The summed E-state index contributed by atoms with van der Waals surface area (Å²) in [5.41, 5.74) is 6.61. The van der Waals surface area contributed by atoms with Crippen molar-refractivity contribution in [1.82, 2.24) is 0 Å². The third-order valence-electron chi connectivity index (χ3n) is 6.57. The zero-order chi connectivity index (χ0) is 16.9. The Bertz CT molecular complexity index is 609. The van der Waals surface area contributed by atoms with E-state index < -0.39 is 0 Å². The fourth-order valence-electron chi connectivity index (χ4n) is 5.23. The summed E-state index contributed by atoms with van der Waals surface area (Å²) in [5.74, 6) is 3.49. The van der Waals surface area contributed by atoms with Crippen molar-refractivity contribution >= 4 is 23.5 Å². The van der Waals surface area contributed by atoms with Crippen LogP contribution in [0.5, 0.6) is 0 Å². The monoisotopic (exact) mass is 362 g/mol. The third kappa shape index (κ3) is 2.85. The van der Waals surface area contributed by atoms with Crippen LogP contribution in [0.15, 0.2) is 34.4 Å². The van der Waals surface area contributed by atoms with Crippen molar-refractivity contribution in [3.8, 4) is 0 Å². The van der Waals surface area contributed by atoms with Gasteiger partial charge in [0, 0.05) is 17.4 Å². The van der Waals surface area contributed by atoms with Crippen molar-refractivity contribution in [2.45, 2.75) is 63.6 Å². The summed E-state index contributed by atoms with van der Waals surface area (Å²) >= 11 is 4.12. The van der Waals surface area contributed by atoms with Crippen LogP contribution >= 0.6 is 23.5 Å².